The maximum absolute atomic E-state index is 12.4. The number of aryl methyl sites for hydroxylation is 1. The molecule has 0 atom stereocenters. The summed E-state index contributed by atoms with van der Waals surface area (Å²) in [6, 6.07) is 6.23. The molecule has 0 aliphatic carbocycles. The quantitative estimate of drug-likeness (QED) is 0.464. The molecule has 0 bridgehead atoms. The van der Waals surface area contributed by atoms with Crippen molar-refractivity contribution in [3.8, 4) is 0 Å². The number of carbonyl (C=O) groups excluding carboxylic acids is 2. The Morgan fingerprint density at radius 2 is 1.96 bits per heavy atom. The van der Waals surface area contributed by atoms with E-state index < -0.39 is 5.97 Å². The average molecular weight is 365 g/mol. The largest absolute Gasteiger partial charge is 0.454 e. The minimum Gasteiger partial charge on any atom is -0.454 e. The summed E-state index contributed by atoms with van der Waals surface area (Å²) in [5.41, 5.74) is 8.51. The number of methoxy groups -OCH3 is 1. The molecule has 7 heteroatoms. The van der Waals surface area contributed by atoms with Gasteiger partial charge in [-0.25, -0.2) is 4.79 Å². The van der Waals surface area contributed by atoms with E-state index in [0.717, 1.165) is 11.4 Å². The third-order valence-electron chi connectivity index (χ3n) is 3.96. The van der Waals surface area contributed by atoms with E-state index in [4.69, 9.17) is 26.8 Å². The molecule has 134 valence electrons. The fraction of sp³-hybridized carbons (Fsp3) is 0.333. The highest BCUT2D eigenvalue weighted by atomic mass is 35.5. The first-order valence-electron chi connectivity index (χ1n) is 7.76. The van der Waals surface area contributed by atoms with Crippen LogP contribution in [0.15, 0.2) is 24.3 Å². The molecule has 0 aliphatic heterocycles. The predicted molar refractivity (Wildman–Crippen MR) is 96.3 cm³/mol. The fourth-order valence-electron chi connectivity index (χ4n) is 2.57. The van der Waals surface area contributed by atoms with Crippen molar-refractivity contribution in [3.63, 3.8) is 0 Å². The molecule has 1 aromatic heterocycles. The lowest BCUT2D eigenvalue weighted by Crippen LogP contribution is -2.15. The smallest absolute Gasteiger partial charge is 0.338 e. The van der Waals surface area contributed by atoms with Crippen LogP contribution in [0.1, 0.15) is 32.1 Å². The Morgan fingerprint density at radius 3 is 2.60 bits per heavy atom. The molecule has 0 saturated carbocycles. The lowest BCUT2D eigenvalue weighted by atomic mass is 10.1. The van der Waals surface area contributed by atoms with Crippen LogP contribution < -0.4 is 5.73 Å². The first-order chi connectivity index (χ1) is 11.8. The Labute approximate surface area is 151 Å². The predicted octanol–water partition coefficient (Wildman–Crippen LogP) is 3.03. The summed E-state index contributed by atoms with van der Waals surface area (Å²) in [6.45, 7) is 4.65. The zero-order valence-corrected chi connectivity index (χ0v) is 15.2. The molecule has 2 rings (SSSR count). The summed E-state index contributed by atoms with van der Waals surface area (Å²) in [4.78, 5) is 24.4. The van der Waals surface area contributed by atoms with Crippen LogP contribution in [-0.2, 0) is 16.0 Å². The van der Waals surface area contributed by atoms with E-state index in [-0.39, 0.29) is 23.6 Å². The standard InChI is InChI=1S/C18H21ClN2O4/c1-11-8-14(12(2)21(11)6-7-24-3)17(22)10-25-18(23)13-4-5-15(19)16(20)9-13/h4-5,8-9H,6-7,10,20H2,1-3H3. The fourth-order valence-corrected chi connectivity index (χ4v) is 2.69. The molecule has 0 fully saturated rings. The van der Waals surface area contributed by atoms with Crippen molar-refractivity contribution in [3.05, 3.63) is 51.8 Å². The minimum atomic E-state index is -0.620. The molecule has 0 spiro atoms. The van der Waals surface area contributed by atoms with Gasteiger partial charge in [-0.15, -0.1) is 0 Å². The zero-order chi connectivity index (χ0) is 18.6. The Morgan fingerprint density at radius 1 is 1.24 bits per heavy atom. The van der Waals surface area contributed by atoms with Crippen molar-refractivity contribution in [2.24, 2.45) is 0 Å². The van der Waals surface area contributed by atoms with Gasteiger partial charge in [-0.3, -0.25) is 4.79 Å². The number of esters is 1. The Kier molecular flexibility index (Phi) is 6.22. The highest BCUT2D eigenvalue weighted by molar-refractivity contribution is 6.33. The molecule has 25 heavy (non-hydrogen) atoms. The van der Waals surface area contributed by atoms with Crippen LogP contribution in [0.5, 0.6) is 0 Å². The monoisotopic (exact) mass is 364 g/mol. The SMILES string of the molecule is COCCn1c(C)cc(C(=O)COC(=O)c2ccc(Cl)c(N)c2)c1C. The average Bonchev–Trinajstić information content (AvgIpc) is 2.87. The second kappa shape index (κ2) is 8.18. The van der Waals surface area contributed by atoms with E-state index in [1.807, 2.05) is 18.4 Å². The molecule has 2 aromatic rings. The van der Waals surface area contributed by atoms with Crippen LogP contribution in [0.3, 0.4) is 0 Å². The third-order valence-corrected chi connectivity index (χ3v) is 4.30. The number of ether oxygens (including phenoxy) is 2. The lowest BCUT2D eigenvalue weighted by Gasteiger charge is -2.09. The van der Waals surface area contributed by atoms with Crippen molar-refractivity contribution in [1.82, 2.24) is 4.57 Å². The van der Waals surface area contributed by atoms with Gasteiger partial charge in [0.05, 0.1) is 22.9 Å². The molecule has 6 nitrogen and oxygen atoms in total. The number of nitrogens with two attached hydrogens (primary N) is 1. The summed E-state index contributed by atoms with van der Waals surface area (Å²) in [6.07, 6.45) is 0. The maximum atomic E-state index is 12.4. The molecule has 0 aliphatic rings. The van der Waals surface area contributed by atoms with Crippen molar-refractivity contribution >= 4 is 29.0 Å². The van der Waals surface area contributed by atoms with Crippen molar-refractivity contribution in [2.75, 3.05) is 26.1 Å². The van der Waals surface area contributed by atoms with Crippen LogP contribution in [0.25, 0.3) is 0 Å². The van der Waals surface area contributed by atoms with Gasteiger partial charge >= 0.3 is 5.97 Å². The number of halogens is 1. The number of anilines is 1. The van der Waals surface area contributed by atoms with Gasteiger partial charge < -0.3 is 19.8 Å². The van der Waals surface area contributed by atoms with Gasteiger partial charge in [0, 0.05) is 30.6 Å². The third kappa shape index (κ3) is 4.41. The molecule has 0 radical (unpaired) electrons. The number of carbonyl (C=O) groups is 2. The maximum Gasteiger partial charge on any atom is 0.338 e. The number of hydrogen-bond donors (Lipinski definition) is 1. The van der Waals surface area contributed by atoms with Gasteiger partial charge in [-0.05, 0) is 38.1 Å². The molecule has 0 amide bonds. The van der Waals surface area contributed by atoms with Crippen molar-refractivity contribution in [2.45, 2.75) is 20.4 Å². The highest BCUT2D eigenvalue weighted by Crippen LogP contribution is 2.20. The first-order valence-corrected chi connectivity index (χ1v) is 8.14. The van der Waals surface area contributed by atoms with Crippen molar-refractivity contribution < 1.29 is 19.1 Å². The van der Waals surface area contributed by atoms with E-state index in [1.165, 1.54) is 18.2 Å². The second-order valence-corrected chi connectivity index (χ2v) is 6.07. The number of ketones is 1. The number of Topliss-reactive ketones (excluding diaryl/α,β-unsaturated/α-hetero) is 1. The van der Waals surface area contributed by atoms with Gasteiger partial charge in [0.25, 0.3) is 0 Å². The van der Waals surface area contributed by atoms with Gasteiger partial charge in [0.1, 0.15) is 0 Å². The second-order valence-electron chi connectivity index (χ2n) is 5.66. The summed E-state index contributed by atoms with van der Waals surface area (Å²) < 4.78 is 12.2. The van der Waals surface area contributed by atoms with Gasteiger partial charge in [0.15, 0.2) is 6.61 Å². The highest BCUT2D eigenvalue weighted by Gasteiger charge is 2.18. The van der Waals surface area contributed by atoms with Crippen LogP contribution in [-0.4, -0.2) is 36.6 Å². The van der Waals surface area contributed by atoms with Crippen LogP contribution >= 0.6 is 11.6 Å². The Hall–Kier alpha value is -2.31. The van der Waals surface area contributed by atoms with E-state index in [2.05, 4.69) is 0 Å². The van der Waals surface area contributed by atoms with Gasteiger partial charge in [0.2, 0.25) is 5.78 Å². The van der Waals surface area contributed by atoms with E-state index in [1.54, 1.807) is 13.2 Å². The summed E-state index contributed by atoms with van der Waals surface area (Å²) in [7, 11) is 1.63. The van der Waals surface area contributed by atoms with E-state index >= 15 is 0 Å². The number of aromatic nitrogens is 1. The van der Waals surface area contributed by atoms with Crippen LogP contribution in [0.4, 0.5) is 5.69 Å². The normalized spacial score (nSPS) is 10.7. The lowest BCUT2D eigenvalue weighted by molar-refractivity contribution is 0.0474. The Bertz CT molecular complexity index is 799. The van der Waals surface area contributed by atoms with Gasteiger partial charge in [-0.1, -0.05) is 11.6 Å². The van der Waals surface area contributed by atoms with Crippen LogP contribution in [0.2, 0.25) is 5.02 Å². The topological polar surface area (TPSA) is 83.5 Å². The number of rotatable bonds is 7. The molecule has 0 unspecified atom stereocenters. The number of benzene rings is 1. The summed E-state index contributed by atoms with van der Waals surface area (Å²) in [5, 5.41) is 0.358. The van der Waals surface area contributed by atoms with E-state index in [0.29, 0.717) is 23.7 Å². The Balaban J connectivity index is 2.05. The van der Waals surface area contributed by atoms with Crippen LogP contribution in [0, 0.1) is 13.8 Å². The number of hydrogen-bond acceptors (Lipinski definition) is 5. The molecule has 0 saturated heterocycles. The first kappa shape index (κ1) is 19.0. The zero-order valence-electron chi connectivity index (χ0n) is 14.5. The molecular formula is C18H21ClN2O4. The summed E-state index contributed by atoms with van der Waals surface area (Å²) >= 11 is 5.82. The molecule has 1 aromatic carbocycles. The molecule has 2 N–H and O–H groups in total. The number of nitrogen functional groups attached to an aromatic ring is 1. The number of nitrogens with zero attached hydrogens (tertiary/aromatic N) is 1. The minimum absolute atomic E-state index is 0.250. The van der Waals surface area contributed by atoms with Gasteiger partial charge in [-0.2, -0.15) is 0 Å². The summed E-state index contributed by atoms with van der Waals surface area (Å²) in [5.74, 6) is -0.878. The van der Waals surface area contributed by atoms with E-state index in [9.17, 15) is 9.59 Å². The molecular weight excluding hydrogens is 344 g/mol. The molecule has 1 heterocycles. The van der Waals surface area contributed by atoms with Crippen molar-refractivity contribution in [1.29, 1.82) is 0 Å².